The van der Waals surface area contributed by atoms with Crippen LogP contribution in [0.15, 0.2) is 30.3 Å². The molecule has 7 nitrogen and oxygen atoms in total. The zero-order chi connectivity index (χ0) is 16.6. The molecule has 1 aromatic rings. The maximum atomic E-state index is 11.7. The van der Waals surface area contributed by atoms with Crippen molar-refractivity contribution in [2.45, 2.75) is 31.8 Å². The van der Waals surface area contributed by atoms with E-state index in [-0.39, 0.29) is 12.4 Å². The number of carbonyl (C=O) groups excluding carboxylic acids is 2. The van der Waals surface area contributed by atoms with Crippen molar-refractivity contribution in [1.82, 2.24) is 0 Å². The van der Waals surface area contributed by atoms with Gasteiger partial charge in [0.25, 0.3) is 0 Å². The Morgan fingerprint density at radius 2 is 1.68 bits per heavy atom. The topological polar surface area (TPSA) is 110 Å². The highest BCUT2D eigenvalue weighted by atomic mass is 16.5. The van der Waals surface area contributed by atoms with Crippen LogP contribution in [0.3, 0.4) is 0 Å². The normalized spacial score (nSPS) is 13.0. The molecule has 0 aliphatic carbocycles. The molecule has 0 saturated heterocycles. The van der Waals surface area contributed by atoms with E-state index >= 15 is 0 Å². The summed E-state index contributed by atoms with van der Waals surface area (Å²) in [6, 6.07) is 8.00. The molecule has 7 heteroatoms. The summed E-state index contributed by atoms with van der Waals surface area (Å²) in [6.45, 7) is 1.89. The van der Waals surface area contributed by atoms with Gasteiger partial charge in [0, 0.05) is 0 Å². The molecule has 1 unspecified atom stereocenters. The van der Waals surface area contributed by atoms with Crippen molar-refractivity contribution in [3.05, 3.63) is 30.3 Å². The summed E-state index contributed by atoms with van der Waals surface area (Å²) in [7, 11) is 0. The molecule has 2 N–H and O–H groups in total. The van der Waals surface area contributed by atoms with Crippen molar-refractivity contribution in [2.75, 3.05) is 6.61 Å². The second kappa shape index (κ2) is 8.14. The monoisotopic (exact) mass is 310 g/mol. The molecule has 0 amide bonds. The van der Waals surface area contributed by atoms with Gasteiger partial charge in [-0.05, 0) is 18.6 Å². The molecule has 0 fully saturated rings. The minimum absolute atomic E-state index is 0.114. The Morgan fingerprint density at radius 3 is 2.23 bits per heavy atom. The van der Waals surface area contributed by atoms with E-state index in [4.69, 9.17) is 14.6 Å². The van der Waals surface area contributed by atoms with E-state index in [0.717, 1.165) is 0 Å². The summed E-state index contributed by atoms with van der Waals surface area (Å²) < 4.78 is 9.63. The zero-order valence-electron chi connectivity index (χ0n) is 12.2. The van der Waals surface area contributed by atoms with E-state index in [1.807, 2.05) is 0 Å². The average Bonchev–Trinajstić information content (AvgIpc) is 2.45. The van der Waals surface area contributed by atoms with Gasteiger partial charge in [-0.2, -0.15) is 0 Å². The third-order valence-corrected chi connectivity index (χ3v) is 2.71. The van der Waals surface area contributed by atoms with Crippen molar-refractivity contribution in [3.63, 3.8) is 0 Å². The van der Waals surface area contributed by atoms with Crippen molar-refractivity contribution >= 4 is 17.9 Å². The SMILES string of the molecule is CCCOC(=O)CC(O)(CC(=O)Oc1ccccc1)C(=O)O. The third-order valence-electron chi connectivity index (χ3n) is 2.71. The van der Waals surface area contributed by atoms with Gasteiger partial charge in [-0.25, -0.2) is 4.79 Å². The van der Waals surface area contributed by atoms with E-state index < -0.39 is 36.4 Å². The number of carbonyl (C=O) groups is 3. The smallest absolute Gasteiger partial charge is 0.336 e. The molecule has 120 valence electrons. The predicted molar refractivity (Wildman–Crippen MR) is 75.1 cm³/mol. The van der Waals surface area contributed by atoms with Gasteiger partial charge in [0.1, 0.15) is 5.75 Å². The molecular formula is C15H18O7. The molecule has 1 aromatic carbocycles. The number of hydrogen-bond donors (Lipinski definition) is 2. The molecule has 0 saturated carbocycles. The fourth-order valence-electron chi connectivity index (χ4n) is 1.61. The van der Waals surface area contributed by atoms with E-state index in [0.29, 0.717) is 6.42 Å². The number of carboxylic acids is 1. The van der Waals surface area contributed by atoms with Crippen LogP contribution in [0.4, 0.5) is 0 Å². The molecule has 0 aromatic heterocycles. The number of aliphatic hydroxyl groups is 1. The zero-order valence-corrected chi connectivity index (χ0v) is 12.2. The van der Waals surface area contributed by atoms with Gasteiger partial charge in [-0.3, -0.25) is 9.59 Å². The largest absolute Gasteiger partial charge is 0.479 e. The van der Waals surface area contributed by atoms with Gasteiger partial charge in [0.2, 0.25) is 0 Å². The van der Waals surface area contributed by atoms with Gasteiger partial charge < -0.3 is 19.7 Å². The van der Waals surface area contributed by atoms with Crippen LogP contribution in [-0.2, 0) is 19.1 Å². The number of carboxylic acid groups (broad SMARTS) is 1. The van der Waals surface area contributed by atoms with Crippen LogP contribution in [0, 0.1) is 0 Å². The molecule has 0 radical (unpaired) electrons. The van der Waals surface area contributed by atoms with Crippen LogP contribution >= 0.6 is 0 Å². The number of esters is 2. The summed E-state index contributed by atoms with van der Waals surface area (Å²) in [5, 5.41) is 19.1. The number of hydrogen-bond acceptors (Lipinski definition) is 6. The standard InChI is InChI=1S/C15H18O7/c1-2-8-21-12(16)9-15(20,14(18)19)10-13(17)22-11-6-4-3-5-7-11/h3-7,20H,2,8-10H2,1H3,(H,18,19). The van der Waals surface area contributed by atoms with Gasteiger partial charge in [0.15, 0.2) is 5.60 Å². The lowest BCUT2D eigenvalue weighted by molar-refractivity contribution is -0.171. The summed E-state index contributed by atoms with van der Waals surface area (Å²) in [5.41, 5.74) is -2.56. The van der Waals surface area contributed by atoms with E-state index in [1.165, 1.54) is 12.1 Å². The summed E-state index contributed by atoms with van der Waals surface area (Å²) in [5.74, 6) is -3.32. The number of ether oxygens (including phenoxy) is 2. The van der Waals surface area contributed by atoms with E-state index in [1.54, 1.807) is 25.1 Å². The Hall–Kier alpha value is -2.41. The van der Waals surface area contributed by atoms with E-state index in [9.17, 15) is 19.5 Å². The Morgan fingerprint density at radius 1 is 1.09 bits per heavy atom. The minimum Gasteiger partial charge on any atom is -0.479 e. The first-order valence-electron chi connectivity index (χ1n) is 6.74. The highest BCUT2D eigenvalue weighted by Gasteiger charge is 2.42. The van der Waals surface area contributed by atoms with Crippen molar-refractivity contribution in [1.29, 1.82) is 0 Å². The lowest BCUT2D eigenvalue weighted by Gasteiger charge is -2.21. The first kappa shape index (κ1) is 17.6. The number of para-hydroxylation sites is 1. The second-order valence-electron chi connectivity index (χ2n) is 4.70. The van der Waals surface area contributed by atoms with Gasteiger partial charge in [-0.1, -0.05) is 25.1 Å². The second-order valence-corrected chi connectivity index (χ2v) is 4.70. The fourth-order valence-corrected chi connectivity index (χ4v) is 1.61. The Kier molecular flexibility index (Phi) is 6.52. The highest BCUT2D eigenvalue weighted by molar-refractivity contribution is 5.89. The number of aliphatic carboxylic acids is 1. The van der Waals surface area contributed by atoms with Crippen LogP contribution < -0.4 is 4.74 Å². The molecule has 1 rings (SSSR count). The number of benzene rings is 1. The van der Waals surface area contributed by atoms with Crippen LogP contribution in [0.1, 0.15) is 26.2 Å². The Labute approximate surface area is 127 Å². The highest BCUT2D eigenvalue weighted by Crippen LogP contribution is 2.19. The first-order valence-corrected chi connectivity index (χ1v) is 6.74. The van der Waals surface area contributed by atoms with Gasteiger partial charge in [0.05, 0.1) is 19.4 Å². The van der Waals surface area contributed by atoms with Crippen molar-refractivity contribution in [2.24, 2.45) is 0 Å². The van der Waals surface area contributed by atoms with Crippen molar-refractivity contribution in [3.8, 4) is 5.75 Å². The molecule has 22 heavy (non-hydrogen) atoms. The molecule has 0 aliphatic rings. The average molecular weight is 310 g/mol. The lowest BCUT2D eigenvalue weighted by Crippen LogP contribution is -2.44. The number of rotatable bonds is 8. The summed E-state index contributed by atoms with van der Waals surface area (Å²) in [6.07, 6.45) is -1.13. The molecule has 0 spiro atoms. The van der Waals surface area contributed by atoms with E-state index in [2.05, 4.69) is 0 Å². The first-order chi connectivity index (χ1) is 10.4. The molecular weight excluding hydrogens is 292 g/mol. The van der Waals surface area contributed by atoms with Crippen LogP contribution in [0.5, 0.6) is 5.75 Å². The summed E-state index contributed by atoms with van der Waals surface area (Å²) in [4.78, 5) is 34.3. The van der Waals surface area contributed by atoms with Crippen LogP contribution in [-0.4, -0.2) is 40.3 Å². The van der Waals surface area contributed by atoms with Gasteiger partial charge >= 0.3 is 17.9 Å². The molecule has 0 heterocycles. The van der Waals surface area contributed by atoms with Gasteiger partial charge in [-0.15, -0.1) is 0 Å². The maximum absolute atomic E-state index is 11.7. The van der Waals surface area contributed by atoms with Crippen LogP contribution in [0.25, 0.3) is 0 Å². The molecule has 1 atom stereocenters. The Balaban J connectivity index is 2.68. The third kappa shape index (κ3) is 5.53. The fraction of sp³-hybridized carbons (Fsp3) is 0.400. The molecule has 0 bridgehead atoms. The Bertz CT molecular complexity index is 526. The summed E-state index contributed by atoms with van der Waals surface area (Å²) >= 11 is 0. The lowest BCUT2D eigenvalue weighted by atomic mass is 9.96. The predicted octanol–water partition coefficient (Wildman–Crippen LogP) is 1.14. The quantitative estimate of drug-likeness (QED) is 0.547. The van der Waals surface area contributed by atoms with Crippen LogP contribution in [0.2, 0.25) is 0 Å². The molecule has 0 aliphatic heterocycles. The maximum Gasteiger partial charge on any atom is 0.336 e. The van der Waals surface area contributed by atoms with Crippen molar-refractivity contribution < 1.29 is 34.1 Å². The minimum atomic E-state index is -2.56.